The van der Waals surface area contributed by atoms with Crippen LogP contribution in [0.5, 0.6) is 0 Å². The predicted octanol–water partition coefficient (Wildman–Crippen LogP) is 26.7. The molecule has 16 aromatic carbocycles. The lowest BCUT2D eigenvalue weighted by atomic mass is 9.67. The first-order valence-corrected chi connectivity index (χ1v) is 37.5. The van der Waals surface area contributed by atoms with Gasteiger partial charge < -0.3 is 9.80 Å². The van der Waals surface area contributed by atoms with Crippen LogP contribution in [0.15, 0.2) is 370 Å². The summed E-state index contributed by atoms with van der Waals surface area (Å²) in [5, 5.41) is 2.55. The molecule has 17 aromatic rings. The van der Waals surface area contributed by atoms with Gasteiger partial charge in [0, 0.05) is 43.9 Å². The zero-order valence-electron chi connectivity index (χ0n) is 58.5. The molecule has 0 atom stereocenters. The Bertz CT molecular complexity index is 6070. The van der Waals surface area contributed by atoms with Crippen molar-refractivity contribution >= 4 is 65.6 Å². The molecule has 105 heavy (non-hydrogen) atoms. The molecule has 494 valence electrons. The molecule has 3 heteroatoms. The summed E-state index contributed by atoms with van der Waals surface area (Å²) in [4.78, 5) is 5.05. The molecule has 0 aliphatic heterocycles. The van der Waals surface area contributed by atoms with Crippen LogP contribution >= 0.6 is 11.3 Å². The van der Waals surface area contributed by atoms with Gasteiger partial charge in [0.25, 0.3) is 0 Å². The smallest absolute Gasteiger partial charge is 0.0725 e. The Morgan fingerprint density at radius 3 is 1.10 bits per heavy atom. The number of aryl methyl sites for hydroxylation is 3. The summed E-state index contributed by atoms with van der Waals surface area (Å²) in [6.45, 7) is 6.76. The number of benzene rings is 16. The van der Waals surface area contributed by atoms with Gasteiger partial charge in [-0.15, -0.1) is 11.3 Å². The van der Waals surface area contributed by atoms with Crippen LogP contribution in [0.25, 0.3) is 75.8 Å². The van der Waals surface area contributed by atoms with Crippen molar-refractivity contribution < 1.29 is 0 Å². The van der Waals surface area contributed by atoms with Crippen molar-refractivity contribution in [1.29, 1.82) is 0 Å². The van der Waals surface area contributed by atoms with Crippen LogP contribution in [-0.2, 0) is 16.2 Å². The summed E-state index contributed by atoms with van der Waals surface area (Å²) in [5.74, 6) is 0. The maximum absolute atomic E-state index is 2.54. The molecule has 0 fully saturated rings. The van der Waals surface area contributed by atoms with E-state index >= 15 is 0 Å². The molecule has 0 unspecified atom stereocenters. The van der Waals surface area contributed by atoms with Gasteiger partial charge in [-0.3, -0.25) is 0 Å². The van der Waals surface area contributed by atoms with Crippen molar-refractivity contribution in [3.63, 3.8) is 0 Å². The second kappa shape index (κ2) is 23.4. The second-order valence-corrected chi connectivity index (χ2v) is 30.2. The third kappa shape index (κ3) is 8.71. The van der Waals surface area contributed by atoms with Crippen LogP contribution in [-0.4, -0.2) is 0 Å². The van der Waals surface area contributed by atoms with Gasteiger partial charge in [-0.2, -0.15) is 0 Å². The summed E-state index contributed by atoms with van der Waals surface area (Å²) in [6, 6.07) is 141. The van der Waals surface area contributed by atoms with Crippen LogP contribution in [0.1, 0.15) is 83.5 Å². The highest BCUT2D eigenvalue weighted by Crippen LogP contribution is 2.65. The summed E-state index contributed by atoms with van der Waals surface area (Å²) < 4.78 is 2.54. The lowest BCUT2D eigenvalue weighted by molar-refractivity contribution is 0.766. The van der Waals surface area contributed by atoms with Crippen molar-refractivity contribution in [2.24, 2.45) is 0 Å². The number of thiophene rings is 1. The predicted molar refractivity (Wildman–Crippen MR) is 439 cm³/mol. The third-order valence-corrected chi connectivity index (χ3v) is 24.9. The van der Waals surface area contributed by atoms with E-state index in [2.05, 4.69) is 401 Å². The molecule has 4 aliphatic rings. The molecule has 0 saturated carbocycles. The van der Waals surface area contributed by atoms with E-state index in [1.165, 1.54) is 154 Å². The highest BCUT2D eigenvalue weighted by Gasteiger charge is 2.53. The fourth-order valence-electron chi connectivity index (χ4n) is 19.4. The zero-order valence-corrected chi connectivity index (χ0v) is 59.3. The van der Waals surface area contributed by atoms with Crippen LogP contribution in [0.4, 0.5) is 34.1 Å². The highest BCUT2D eigenvalue weighted by atomic mass is 32.1. The van der Waals surface area contributed by atoms with Crippen LogP contribution in [0, 0.1) is 20.8 Å². The maximum atomic E-state index is 2.54. The first-order chi connectivity index (χ1) is 51.8. The molecule has 2 nitrogen and oxygen atoms in total. The molecule has 1 heterocycles. The Kier molecular flexibility index (Phi) is 13.6. The molecule has 21 rings (SSSR count). The van der Waals surface area contributed by atoms with Gasteiger partial charge in [0.05, 0.1) is 26.6 Å². The Labute approximate surface area is 617 Å². The molecule has 0 bridgehead atoms. The van der Waals surface area contributed by atoms with E-state index in [4.69, 9.17) is 0 Å². The Morgan fingerprint density at radius 1 is 0.229 bits per heavy atom. The summed E-state index contributed by atoms with van der Waals surface area (Å²) >= 11 is 1.88. The Morgan fingerprint density at radius 2 is 0.600 bits per heavy atom. The monoisotopic (exact) mass is 1350 g/mol. The number of hydrogen-bond acceptors (Lipinski definition) is 3. The lowest BCUT2D eigenvalue weighted by Crippen LogP contribution is -2.29. The molecule has 0 saturated heterocycles. The highest BCUT2D eigenvalue weighted by molar-refractivity contribution is 7.26. The van der Waals surface area contributed by atoms with E-state index in [0.717, 1.165) is 39.7 Å². The van der Waals surface area contributed by atoms with Crippen molar-refractivity contribution in [1.82, 2.24) is 0 Å². The Balaban J connectivity index is 0.737. The number of fused-ring (bicyclic) bond motifs is 19. The van der Waals surface area contributed by atoms with Gasteiger partial charge in [0.1, 0.15) is 0 Å². The second-order valence-electron chi connectivity index (χ2n) is 29.1. The summed E-state index contributed by atoms with van der Waals surface area (Å²) in [7, 11) is 0. The van der Waals surface area contributed by atoms with Crippen LogP contribution < -0.4 is 9.80 Å². The largest absolute Gasteiger partial charge is 0.310 e. The molecular weight excluding hydrogens is 1290 g/mol. The first kappa shape index (κ1) is 61.0. The third-order valence-electron chi connectivity index (χ3n) is 23.7. The van der Waals surface area contributed by atoms with Gasteiger partial charge in [-0.25, -0.2) is 0 Å². The van der Waals surface area contributed by atoms with Crippen LogP contribution in [0.2, 0.25) is 0 Å². The minimum absolute atomic E-state index is 0.437. The summed E-state index contributed by atoms with van der Waals surface area (Å²) in [6.07, 6.45) is 0. The molecular formula is C102H70N2S. The fourth-order valence-corrected chi connectivity index (χ4v) is 20.6. The molecule has 1 spiro atoms. The first-order valence-electron chi connectivity index (χ1n) is 36.7. The van der Waals surface area contributed by atoms with E-state index in [1.54, 1.807) is 0 Å². The lowest BCUT2D eigenvalue weighted by Gasteiger charge is -2.36. The Hall–Kier alpha value is -12.7. The van der Waals surface area contributed by atoms with E-state index in [-0.39, 0.29) is 0 Å². The molecule has 0 amide bonds. The van der Waals surface area contributed by atoms with Crippen molar-refractivity contribution in [3.8, 4) is 55.6 Å². The number of rotatable bonds is 11. The van der Waals surface area contributed by atoms with Gasteiger partial charge in [0.15, 0.2) is 0 Å². The summed E-state index contributed by atoms with van der Waals surface area (Å²) in [5.41, 5.74) is 36.6. The maximum Gasteiger partial charge on any atom is 0.0725 e. The van der Waals surface area contributed by atoms with Crippen molar-refractivity contribution in [2.45, 2.75) is 37.0 Å². The van der Waals surface area contributed by atoms with E-state index in [1.807, 2.05) is 11.3 Å². The number of anilines is 6. The minimum atomic E-state index is -0.607. The fraction of sp³-hybridized carbons (Fsp3) is 0.0588. The molecule has 1 aromatic heterocycles. The van der Waals surface area contributed by atoms with Gasteiger partial charge in [0.2, 0.25) is 0 Å². The minimum Gasteiger partial charge on any atom is -0.310 e. The van der Waals surface area contributed by atoms with Crippen LogP contribution in [0.3, 0.4) is 0 Å². The number of hydrogen-bond donors (Lipinski definition) is 0. The number of nitrogens with zero attached hydrogens (tertiary/aromatic N) is 2. The van der Waals surface area contributed by atoms with Gasteiger partial charge in [-0.05, 0) is 222 Å². The molecule has 0 radical (unpaired) electrons. The molecule has 0 N–H and O–H groups in total. The van der Waals surface area contributed by atoms with Gasteiger partial charge >= 0.3 is 0 Å². The van der Waals surface area contributed by atoms with Crippen molar-refractivity contribution in [3.05, 3.63) is 454 Å². The van der Waals surface area contributed by atoms with E-state index in [9.17, 15) is 0 Å². The standard InChI is InChI=1S/C102H70N2S/c1-65-43-53-82-84-56-50-76(63-95(84)100(93(82)59-65,69-25-8-4-9-26-69)70-27-10-5-11-28-70)103(77-51-57-85-83-54-44-66(2)60-94(83)101(96(85)64-77,71-29-12-6-13-30-71)72-31-14-7-15-32-72)74-49-55-78(67(3)61-74)68-45-47-73(48-46-68)104(97-41-24-37-87-86-36-19-23-42-98(86)105-99(87)97)75-52-58-92-88(62-75)81-35-18-22-40-91(81)102(92)89-38-20-16-33-79(89)80-34-17-21-39-90(80)102/h4-64H,1-3H3. The van der Waals surface area contributed by atoms with E-state index in [0.29, 0.717) is 0 Å². The molecule has 4 aliphatic carbocycles. The van der Waals surface area contributed by atoms with E-state index < -0.39 is 16.2 Å². The van der Waals surface area contributed by atoms with Crippen molar-refractivity contribution in [2.75, 3.05) is 9.80 Å². The quantitative estimate of drug-likeness (QED) is 0.127. The average Bonchev–Trinajstić information content (AvgIpc) is 1.52. The zero-order chi connectivity index (χ0) is 69.7. The SMILES string of the molecule is Cc1ccc2c(c1)C(c1ccccc1)(c1ccccc1)c1cc(N(c3ccc(-c4ccc(N(c5ccc6c(c5)-c5ccccc5C65c6ccccc6-c6ccccc65)c5cccc6c5sc5ccccc56)cc4)c(C)c3)c3ccc4c(c3)C(c3ccccc3)(c3ccccc3)c3cc(C)ccc3-4)ccc1-2. The van der Waals surface area contributed by atoms with Gasteiger partial charge in [-0.1, -0.05) is 308 Å². The normalized spacial score (nSPS) is 13.9. The average molecular weight is 1360 g/mol. The topological polar surface area (TPSA) is 6.48 Å².